The van der Waals surface area contributed by atoms with E-state index in [0.717, 1.165) is 42.8 Å². The van der Waals surface area contributed by atoms with E-state index in [4.69, 9.17) is 14.3 Å². The summed E-state index contributed by atoms with van der Waals surface area (Å²) in [6, 6.07) is 21.6. The van der Waals surface area contributed by atoms with Gasteiger partial charge in [-0.25, -0.2) is 0 Å². The minimum atomic E-state index is -0.166. The molecule has 0 aliphatic carbocycles. The third-order valence-electron chi connectivity index (χ3n) is 6.46. The molecule has 1 atom stereocenters. The summed E-state index contributed by atoms with van der Waals surface area (Å²) >= 11 is 0. The van der Waals surface area contributed by atoms with Crippen LogP contribution in [0, 0.1) is 0 Å². The smallest absolute Gasteiger partial charge is 0.255 e. The summed E-state index contributed by atoms with van der Waals surface area (Å²) in [6.45, 7) is 3.03. The lowest BCUT2D eigenvalue weighted by Crippen LogP contribution is -2.36. The SMILES string of the molecule is COc1ccccc1-c1nn(Cc2ccccc2)cc1C(=O)NC[C@H](c1ccco1)N1CCCC1. The number of ether oxygens (including phenoxy) is 1. The Morgan fingerprint density at radius 3 is 2.57 bits per heavy atom. The van der Waals surface area contributed by atoms with Crippen LogP contribution in [0.2, 0.25) is 0 Å². The number of benzene rings is 2. The first-order valence-corrected chi connectivity index (χ1v) is 12.0. The molecule has 35 heavy (non-hydrogen) atoms. The Balaban J connectivity index is 1.43. The molecule has 1 N–H and O–H groups in total. The number of carbonyl (C=O) groups is 1. The minimum Gasteiger partial charge on any atom is -0.496 e. The normalized spacial score (nSPS) is 14.7. The van der Waals surface area contributed by atoms with Crippen LogP contribution in [0.5, 0.6) is 5.75 Å². The number of furan rings is 1. The Morgan fingerprint density at radius 2 is 1.83 bits per heavy atom. The predicted molar refractivity (Wildman–Crippen MR) is 134 cm³/mol. The van der Waals surface area contributed by atoms with Crippen molar-refractivity contribution in [3.05, 3.63) is 96.1 Å². The fourth-order valence-corrected chi connectivity index (χ4v) is 4.71. The van der Waals surface area contributed by atoms with Crippen molar-refractivity contribution in [2.45, 2.75) is 25.4 Å². The monoisotopic (exact) mass is 470 g/mol. The van der Waals surface area contributed by atoms with Gasteiger partial charge < -0.3 is 14.5 Å². The summed E-state index contributed by atoms with van der Waals surface area (Å²) in [5.41, 5.74) is 3.02. The molecule has 1 aliphatic rings. The highest BCUT2D eigenvalue weighted by molar-refractivity contribution is 6.00. The summed E-state index contributed by atoms with van der Waals surface area (Å²) < 4.78 is 13.1. The highest BCUT2D eigenvalue weighted by Crippen LogP contribution is 2.31. The second-order valence-corrected chi connectivity index (χ2v) is 8.76. The number of likely N-dealkylation sites (tertiary alicyclic amines) is 1. The van der Waals surface area contributed by atoms with Gasteiger partial charge in [-0.1, -0.05) is 42.5 Å². The Kier molecular flexibility index (Phi) is 6.95. The first-order chi connectivity index (χ1) is 17.2. The molecule has 180 valence electrons. The van der Waals surface area contributed by atoms with Crippen molar-refractivity contribution in [3.63, 3.8) is 0 Å². The fraction of sp³-hybridized carbons (Fsp3) is 0.286. The van der Waals surface area contributed by atoms with E-state index in [1.54, 1.807) is 13.4 Å². The summed E-state index contributed by atoms with van der Waals surface area (Å²) in [6.07, 6.45) is 5.83. The van der Waals surface area contributed by atoms with E-state index in [1.807, 2.05) is 77.6 Å². The van der Waals surface area contributed by atoms with E-state index in [1.165, 1.54) is 0 Å². The van der Waals surface area contributed by atoms with Gasteiger partial charge in [0.15, 0.2) is 0 Å². The molecule has 2 aromatic heterocycles. The molecule has 0 radical (unpaired) electrons. The minimum absolute atomic E-state index is 0.00512. The molecule has 2 aromatic carbocycles. The average Bonchev–Trinajstić information content (AvgIpc) is 3.68. The topological polar surface area (TPSA) is 72.5 Å². The summed E-state index contributed by atoms with van der Waals surface area (Å²) in [5, 5.41) is 7.96. The first-order valence-electron chi connectivity index (χ1n) is 12.0. The first kappa shape index (κ1) is 22.9. The zero-order chi connectivity index (χ0) is 24.0. The Hall–Kier alpha value is -3.84. The fourth-order valence-electron chi connectivity index (χ4n) is 4.71. The quantitative estimate of drug-likeness (QED) is 0.382. The van der Waals surface area contributed by atoms with E-state index in [-0.39, 0.29) is 11.9 Å². The van der Waals surface area contributed by atoms with Gasteiger partial charge >= 0.3 is 0 Å². The maximum Gasteiger partial charge on any atom is 0.255 e. The van der Waals surface area contributed by atoms with Gasteiger partial charge in [0.1, 0.15) is 17.2 Å². The largest absolute Gasteiger partial charge is 0.496 e. The van der Waals surface area contributed by atoms with Gasteiger partial charge in [0, 0.05) is 18.3 Å². The van der Waals surface area contributed by atoms with Gasteiger partial charge in [0.2, 0.25) is 0 Å². The lowest BCUT2D eigenvalue weighted by atomic mass is 10.1. The predicted octanol–water partition coefficient (Wildman–Crippen LogP) is 4.77. The van der Waals surface area contributed by atoms with Crippen molar-refractivity contribution in [2.75, 3.05) is 26.7 Å². The molecule has 1 fully saturated rings. The number of rotatable bonds is 9. The van der Waals surface area contributed by atoms with E-state index < -0.39 is 0 Å². The molecule has 0 saturated carbocycles. The van der Waals surface area contributed by atoms with Gasteiger partial charge in [-0.2, -0.15) is 5.10 Å². The van der Waals surface area contributed by atoms with Crippen molar-refractivity contribution in [1.82, 2.24) is 20.0 Å². The number of nitrogens with one attached hydrogen (secondary N) is 1. The van der Waals surface area contributed by atoms with Crippen LogP contribution in [-0.2, 0) is 6.54 Å². The molecule has 0 bridgehead atoms. The van der Waals surface area contributed by atoms with Crippen LogP contribution in [0.4, 0.5) is 0 Å². The molecule has 4 aromatic rings. The number of aromatic nitrogens is 2. The number of hydrogen-bond acceptors (Lipinski definition) is 5. The third-order valence-corrected chi connectivity index (χ3v) is 6.46. The van der Waals surface area contributed by atoms with Crippen LogP contribution in [0.1, 0.15) is 40.6 Å². The Labute approximate surface area is 205 Å². The van der Waals surface area contributed by atoms with E-state index >= 15 is 0 Å². The zero-order valence-electron chi connectivity index (χ0n) is 19.9. The van der Waals surface area contributed by atoms with Crippen LogP contribution in [0.3, 0.4) is 0 Å². The Morgan fingerprint density at radius 1 is 1.06 bits per heavy atom. The van der Waals surface area contributed by atoms with Crippen LogP contribution in [-0.4, -0.2) is 47.3 Å². The molecular weight excluding hydrogens is 440 g/mol. The maximum absolute atomic E-state index is 13.5. The van der Waals surface area contributed by atoms with Crippen molar-refractivity contribution in [3.8, 4) is 17.0 Å². The average molecular weight is 471 g/mol. The number of nitrogens with zero attached hydrogens (tertiary/aromatic N) is 3. The molecule has 0 spiro atoms. The highest BCUT2D eigenvalue weighted by atomic mass is 16.5. The van der Waals surface area contributed by atoms with Crippen LogP contribution in [0.25, 0.3) is 11.3 Å². The number of carbonyl (C=O) groups excluding carboxylic acids is 1. The Bertz CT molecular complexity index is 1240. The number of para-hydroxylation sites is 1. The van der Waals surface area contributed by atoms with E-state index in [9.17, 15) is 4.79 Å². The van der Waals surface area contributed by atoms with Crippen LogP contribution in [0.15, 0.2) is 83.6 Å². The van der Waals surface area contributed by atoms with Crippen molar-refractivity contribution in [2.24, 2.45) is 0 Å². The number of amides is 1. The zero-order valence-corrected chi connectivity index (χ0v) is 19.9. The molecule has 1 amide bonds. The van der Waals surface area contributed by atoms with Gasteiger partial charge in [-0.05, 0) is 55.8 Å². The molecule has 0 unspecified atom stereocenters. The standard InChI is InChI=1S/C28H30N4O3/c1-34-25-13-6-5-12-22(25)27-23(20-32(30-27)19-21-10-3-2-4-11-21)28(33)29-18-24(26-14-9-17-35-26)31-15-7-8-16-31/h2-6,9-14,17,20,24H,7-8,15-16,18-19H2,1H3,(H,29,33)/t24-/m1/s1. The van der Waals surface area contributed by atoms with Gasteiger partial charge in [-0.15, -0.1) is 0 Å². The number of methoxy groups -OCH3 is 1. The summed E-state index contributed by atoms with van der Waals surface area (Å²) in [7, 11) is 1.63. The maximum atomic E-state index is 13.5. The molecule has 1 saturated heterocycles. The van der Waals surface area contributed by atoms with Crippen LogP contribution >= 0.6 is 0 Å². The molecule has 5 rings (SSSR count). The molecule has 3 heterocycles. The van der Waals surface area contributed by atoms with Gasteiger partial charge in [0.05, 0.1) is 31.5 Å². The van der Waals surface area contributed by atoms with Crippen LogP contribution < -0.4 is 10.1 Å². The molecule has 7 heteroatoms. The molecule has 1 aliphatic heterocycles. The highest BCUT2D eigenvalue weighted by Gasteiger charge is 2.27. The van der Waals surface area contributed by atoms with Gasteiger partial charge in [-0.3, -0.25) is 14.4 Å². The van der Waals surface area contributed by atoms with E-state index in [2.05, 4.69) is 10.2 Å². The summed E-state index contributed by atoms with van der Waals surface area (Å²) in [5.74, 6) is 1.38. The lowest BCUT2D eigenvalue weighted by Gasteiger charge is -2.26. The molecular formula is C28H30N4O3. The molecule has 7 nitrogen and oxygen atoms in total. The lowest BCUT2D eigenvalue weighted by molar-refractivity contribution is 0.0934. The van der Waals surface area contributed by atoms with Gasteiger partial charge in [0.25, 0.3) is 5.91 Å². The second-order valence-electron chi connectivity index (χ2n) is 8.76. The summed E-state index contributed by atoms with van der Waals surface area (Å²) in [4.78, 5) is 15.9. The van der Waals surface area contributed by atoms with Crippen molar-refractivity contribution < 1.29 is 13.9 Å². The third kappa shape index (κ3) is 5.15. The van der Waals surface area contributed by atoms with E-state index in [0.29, 0.717) is 30.1 Å². The van der Waals surface area contributed by atoms with Crippen molar-refractivity contribution in [1.29, 1.82) is 0 Å². The second kappa shape index (κ2) is 10.6. The number of hydrogen-bond donors (Lipinski definition) is 1. The van der Waals surface area contributed by atoms with Crippen molar-refractivity contribution >= 4 is 5.91 Å².